The fourth-order valence-electron chi connectivity index (χ4n) is 3.59. The maximum absolute atomic E-state index is 5.54. The van der Waals surface area contributed by atoms with Gasteiger partial charge in [0, 0.05) is 11.1 Å². The lowest BCUT2D eigenvalue weighted by Crippen LogP contribution is -2.00. The lowest BCUT2D eigenvalue weighted by Gasteiger charge is -2.14. The minimum absolute atomic E-state index is 0.652. The van der Waals surface area contributed by atoms with Crippen molar-refractivity contribution < 1.29 is 18.9 Å². The van der Waals surface area contributed by atoms with Crippen LogP contribution in [-0.2, 0) is 0 Å². The van der Waals surface area contributed by atoms with E-state index in [0.717, 1.165) is 28.1 Å². The van der Waals surface area contributed by atoms with Crippen molar-refractivity contribution in [2.75, 3.05) is 28.4 Å². The number of aromatic nitrogens is 2. The van der Waals surface area contributed by atoms with Crippen LogP contribution in [0.1, 0.15) is 0 Å². The molecule has 158 valence electrons. The molecular formula is C25H24N2O4. The van der Waals surface area contributed by atoms with Crippen molar-refractivity contribution in [2.24, 2.45) is 0 Å². The van der Waals surface area contributed by atoms with Crippen LogP contribution in [0.4, 0.5) is 0 Å². The summed E-state index contributed by atoms with van der Waals surface area (Å²) in [4.78, 5) is 0. The smallest absolute Gasteiger partial charge is 0.161 e. The Labute approximate surface area is 181 Å². The molecule has 6 nitrogen and oxygen atoms in total. The van der Waals surface area contributed by atoms with Gasteiger partial charge in [-0.05, 0) is 48.0 Å². The quantitative estimate of drug-likeness (QED) is 0.412. The predicted octanol–water partition coefficient (Wildman–Crippen LogP) is 5.24. The van der Waals surface area contributed by atoms with Gasteiger partial charge in [0.1, 0.15) is 0 Å². The fraction of sp³-hybridized carbons (Fsp3) is 0.160. The molecule has 0 amide bonds. The molecule has 0 aliphatic rings. The first kappa shape index (κ1) is 20.3. The Bertz CT molecular complexity index is 1190. The Morgan fingerprint density at radius 3 is 1.74 bits per heavy atom. The minimum Gasteiger partial charge on any atom is -0.493 e. The number of nitrogens with zero attached hydrogens (tertiary/aromatic N) is 2. The molecule has 6 heteroatoms. The number of benzene rings is 3. The molecule has 4 aromatic rings. The second-order valence-electron chi connectivity index (χ2n) is 6.79. The fourth-order valence-corrected chi connectivity index (χ4v) is 3.59. The average molecular weight is 416 g/mol. The first-order valence-electron chi connectivity index (χ1n) is 9.78. The largest absolute Gasteiger partial charge is 0.493 e. The molecule has 0 bridgehead atoms. The van der Waals surface area contributed by atoms with Gasteiger partial charge in [0.25, 0.3) is 0 Å². The molecule has 31 heavy (non-hydrogen) atoms. The van der Waals surface area contributed by atoms with E-state index in [1.54, 1.807) is 28.4 Å². The lowest BCUT2D eigenvalue weighted by atomic mass is 10.0. The van der Waals surface area contributed by atoms with Crippen LogP contribution in [0, 0.1) is 0 Å². The third-order valence-corrected chi connectivity index (χ3v) is 5.12. The molecule has 0 aliphatic carbocycles. The summed E-state index contributed by atoms with van der Waals surface area (Å²) in [5, 5.41) is 4.71. The van der Waals surface area contributed by atoms with Crippen LogP contribution in [0.15, 0.2) is 72.9 Å². The van der Waals surface area contributed by atoms with Crippen molar-refractivity contribution in [2.45, 2.75) is 0 Å². The van der Waals surface area contributed by atoms with Gasteiger partial charge in [-0.3, -0.25) is 0 Å². The number of rotatable bonds is 7. The van der Waals surface area contributed by atoms with Crippen molar-refractivity contribution in [3.8, 4) is 51.1 Å². The van der Waals surface area contributed by atoms with Gasteiger partial charge < -0.3 is 18.9 Å². The van der Waals surface area contributed by atoms with E-state index in [4.69, 9.17) is 24.0 Å². The Balaban J connectivity index is 1.95. The normalized spacial score (nSPS) is 10.6. The second-order valence-corrected chi connectivity index (χ2v) is 6.79. The summed E-state index contributed by atoms with van der Waals surface area (Å²) in [6.07, 6.45) is 1.86. The van der Waals surface area contributed by atoms with Crippen LogP contribution in [0.2, 0.25) is 0 Å². The van der Waals surface area contributed by atoms with Crippen LogP contribution in [0.25, 0.3) is 28.1 Å². The number of ether oxygens (including phenoxy) is 4. The zero-order chi connectivity index (χ0) is 21.8. The monoisotopic (exact) mass is 416 g/mol. The van der Waals surface area contributed by atoms with Crippen molar-refractivity contribution in [3.63, 3.8) is 0 Å². The topological polar surface area (TPSA) is 54.7 Å². The Hall–Kier alpha value is -3.93. The summed E-state index contributed by atoms with van der Waals surface area (Å²) in [6, 6.07) is 21.7. The molecule has 0 N–H and O–H groups in total. The van der Waals surface area contributed by atoms with Crippen molar-refractivity contribution in [3.05, 3.63) is 72.9 Å². The van der Waals surface area contributed by atoms with Gasteiger partial charge in [-0.15, -0.1) is 0 Å². The molecule has 1 heterocycles. The molecule has 1 aromatic heterocycles. The van der Waals surface area contributed by atoms with Crippen LogP contribution < -0.4 is 18.9 Å². The molecule has 0 spiro atoms. The Kier molecular flexibility index (Phi) is 5.80. The standard InChI is InChI=1S/C25H24N2O4/c1-28-21-12-10-17(14-23(21)30-3)20-16-26-27(19-8-6-5-7-9-19)25(20)18-11-13-22(29-2)24(15-18)31-4/h5-16H,1-4H3. The van der Waals surface area contributed by atoms with E-state index in [2.05, 4.69) is 0 Å². The summed E-state index contributed by atoms with van der Waals surface area (Å²) in [6.45, 7) is 0. The van der Waals surface area contributed by atoms with Crippen molar-refractivity contribution in [1.29, 1.82) is 0 Å². The van der Waals surface area contributed by atoms with E-state index < -0.39 is 0 Å². The number of hydrogen-bond acceptors (Lipinski definition) is 5. The van der Waals surface area contributed by atoms with Crippen molar-refractivity contribution in [1.82, 2.24) is 9.78 Å². The average Bonchev–Trinajstić information content (AvgIpc) is 3.28. The van der Waals surface area contributed by atoms with Gasteiger partial charge in [-0.1, -0.05) is 24.3 Å². The maximum atomic E-state index is 5.54. The van der Waals surface area contributed by atoms with Gasteiger partial charge in [-0.2, -0.15) is 5.10 Å². The zero-order valence-corrected chi connectivity index (χ0v) is 18.0. The Morgan fingerprint density at radius 2 is 1.16 bits per heavy atom. The van der Waals surface area contributed by atoms with Gasteiger partial charge in [0.2, 0.25) is 0 Å². The molecule has 0 saturated carbocycles. The van der Waals surface area contributed by atoms with Gasteiger partial charge in [0.15, 0.2) is 23.0 Å². The van der Waals surface area contributed by atoms with Crippen LogP contribution in [0.3, 0.4) is 0 Å². The highest BCUT2D eigenvalue weighted by Crippen LogP contribution is 2.40. The third kappa shape index (κ3) is 3.80. The van der Waals surface area contributed by atoms with E-state index in [1.807, 2.05) is 77.6 Å². The highest BCUT2D eigenvalue weighted by atomic mass is 16.5. The molecule has 4 rings (SSSR count). The predicted molar refractivity (Wildman–Crippen MR) is 121 cm³/mol. The van der Waals surface area contributed by atoms with Crippen molar-refractivity contribution >= 4 is 0 Å². The van der Waals surface area contributed by atoms with E-state index in [-0.39, 0.29) is 0 Å². The SMILES string of the molecule is COc1ccc(-c2cnn(-c3ccccc3)c2-c2ccc(OC)c(OC)c2)cc1OC. The summed E-state index contributed by atoms with van der Waals surface area (Å²) in [5.74, 6) is 2.66. The third-order valence-electron chi connectivity index (χ3n) is 5.12. The van der Waals surface area contributed by atoms with Gasteiger partial charge in [0.05, 0.1) is 46.0 Å². The number of hydrogen-bond donors (Lipinski definition) is 0. The molecular weight excluding hydrogens is 392 g/mol. The summed E-state index contributed by atoms with van der Waals surface area (Å²) >= 11 is 0. The van der Waals surface area contributed by atoms with E-state index in [9.17, 15) is 0 Å². The molecule has 0 unspecified atom stereocenters. The first-order valence-corrected chi connectivity index (χ1v) is 9.78. The molecule has 3 aromatic carbocycles. The molecule has 0 radical (unpaired) electrons. The van der Waals surface area contributed by atoms with Gasteiger partial charge in [-0.25, -0.2) is 4.68 Å². The number of methoxy groups -OCH3 is 4. The summed E-state index contributed by atoms with van der Waals surface area (Å²) < 4.78 is 23.8. The molecule has 0 fully saturated rings. The molecule has 0 aliphatic heterocycles. The Morgan fingerprint density at radius 1 is 0.613 bits per heavy atom. The summed E-state index contributed by atoms with van der Waals surface area (Å²) in [7, 11) is 6.51. The van der Waals surface area contributed by atoms with E-state index >= 15 is 0 Å². The lowest BCUT2D eigenvalue weighted by molar-refractivity contribution is 0.355. The molecule has 0 atom stereocenters. The summed E-state index contributed by atoms with van der Waals surface area (Å²) in [5.41, 5.74) is 4.75. The maximum Gasteiger partial charge on any atom is 0.161 e. The highest BCUT2D eigenvalue weighted by molar-refractivity contribution is 5.83. The second kappa shape index (κ2) is 8.83. The van der Waals surface area contributed by atoms with Gasteiger partial charge >= 0.3 is 0 Å². The van der Waals surface area contributed by atoms with E-state index in [0.29, 0.717) is 23.0 Å². The first-order chi connectivity index (χ1) is 15.2. The minimum atomic E-state index is 0.652. The zero-order valence-electron chi connectivity index (χ0n) is 18.0. The number of para-hydroxylation sites is 1. The highest BCUT2D eigenvalue weighted by Gasteiger charge is 2.19. The van der Waals surface area contributed by atoms with Crippen LogP contribution >= 0.6 is 0 Å². The van der Waals surface area contributed by atoms with Crippen LogP contribution in [0.5, 0.6) is 23.0 Å². The molecule has 0 saturated heterocycles. The van der Waals surface area contributed by atoms with E-state index in [1.165, 1.54) is 0 Å². The van der Waals surface area contributed by atoms with Crippen LogP contribution in [-0.4, -0.2) is 38.2 Å².